The lowest BCUT2D eigenvalue weighted by Crippen LogP contribution is -2.47. The van der Waals surface area contributed by atoms with Crippen molar-refractivity contribution >= 4 is 18.3 Å². The highest BCUT2D eigenvalue weighted by Gasteiger charge is 2.38. The van der Waals surface area contributed by atoms with Gasteiger partial charge < -0.3 is 10.2 Å². The Bertz CT molecular complexity index is 302. The Kier molecular flexibility index (Phi) is 5.09. The molecule has 0 aliphatic carbocycles. The highest BCUT2D eigenvalue weighted by atomic mass is 35.5. The maximum atomic E-state index is 12.2. The number of amides is 1. The standard InChI is InChI=1S/C14H25N3O.ClH/c18-13(11-16-7-1-2-8-16)17-9-4-14(5-10-17)3-6-15-12-14;/h15H,1-12H2;1H. The van der Waals surface area contributed by atoms with Gasteiger partial charge in [0.25, 0.3) is 0 Å². The molecule has 1 N–H and O–H groups in total. The van der Waals surface area contributed by atoms with E-state index < -0.39 is 0 Å². The second kappa shape index (κ2) is 6.42. The Morgan fingerprint density at radius 3 is 2.32 bits per heavy atom. The fraction of sp³-hybridized carbons (Fsp3) is 0.929. The third kappa shape index (κ3) is 3.41. The topological polar surface area (TPSA) is 35.6 Å². The molecule has 0 saturated carbocycles. The highest BCUT2D eigenvalue weighted by molar-refractivity contribution is 5.85. The van der Waals surface area contributed by atoms with Gasteiger partial charge in [0.2, 0.25) is 5.91 Å². The normalized spacial score (nSPS) is 26.6. The number of hydrogen-bond donors (Lipinski definition) is 1. The van der Waals surface area contributed by atoms with Gasteiger partial charge in [-0.05, 0) is 57.2 Å². The van der Waals surface area contributed by atoms with Crippen molar-refractivity contribution in [2.75, 3.05) is 45.8 Å². The number of carbonyl (C=O) groups excluding carboxylic acids is 1. The van der Waals surface area contributed by atoms with E-state index in [1.165, 1.54) is 45.2 Å². The summed E-state index contributed by atoms with van der Waals surface area (Å²) in [4.78, 5) is 16.6. The Balaban J connectivity index is 0.00000133. The molecule has 3 aliphatic heterocycles. The highest BCUT2D eigenvalue weighted by Crippen LogP contribution is 2.36. The van der Waals surface area contributed by atoms with Crippen LogP contribution in [-0.2, 0) is 4.79 Å². The maximum absolute atomic E-state index is 12.2. The molecular weight excluding hydrogens is 262 g/mol. The zero-order chi connectivity index (χ0) is 12.4. The first-order valence-electron chi connectivity index (χ1n) is 7.48. The van der Waals surface area contributed by atoms with Gasteiger partial charge in [0.05, 0.1) is 6.54 Å². The van der Waals surface area contributed by atoms with Gasteiger partial charge in [0, 0.05) is 19.6 Å². The molecule has 1 amide bonds. The average Bonchev–Trinajstić information content (AvgIpc) is 3.03. The van der Waals surface area contributed by atoms with Crippen LogP contribution in [-0.4, -0.2) is 61.5 Å². The smallest absolute Gasteiger partial charge is 0.236 e. The zero-order valence-corrected chi connectivity index (χ0v) is 12.5. The van der Waals surface area contributed by atoms with Crippen LogP contribution in [0.15, 0.2) is 0 Å². The Hall–Kier alpha value is -0.320. The van der Waals surface area contributed by atoms with E-state index in [1.807, 2.05) is 0 Å². The minimum atomic E-state index is 0. The fourth-order valence-corrected chi connectivity index (χ4v) is 3.68. The molecule has 1 spiro atoms. The van der Waals surface area contributed by atoms with Gasteiger partial charge in [-0.25, -0.2) is 0 Å². The SMILES string of the molecule is Cl.O=C(CN1CCCC1)N1CCC2(CCNC2)CC1. The zero-order valence-electron chi connectivity index (χ0n) is 11.7. The Labute approximate surface area is 122 Å². The van der Waals surface area contributed by atoms with Crippen LogP contribution < -0.4 is 5.32 Å². The number of piperidine rings is 1. The van der Waals surface area contributed by atoms with Crippen molar-refractivity contribution in [3.63, 3.8) is 0 Å². The van der Waals surface area contributed by atoms with E-state index >= 15 is 0 Å². The molecule has 0 aromatic rings. The number of carbonyl (C=O) groups is 1. The first-order valence-corrected chi connectivity index (χ1v) is 7.48. The quantitative estimate of drug-likeness (QED) is 0.826. The molecule has 5 heteroatoms. The summed E-state index contributed by atoms with van der Waals surface area (Å²) >= 11 is 0. The summed E-state index contributed by atoms with van der Waals surface area (Å²) in [6.07, 6.45) is 6.24. The molecule has 3 fully saturated rings. The van der Waals surface area contributed by atoms with Gasteiger partial charge in [-0.2, -0.15) is 0 Å². The molecule has 19 heavy (non-hydrogen) atoms. The summed E-state index contributed by atoms with van der Waals surface area (Å²) in [5, 5.41) is 3.47. The van der Waals surface area contributed by atoms with E-state index in [4.69, 9.17) is 0 Å². The van der Waals surface area contributed by atoms with E-state index in [2.05, 4.69) is 15.1 Å². The van der Waals surface area contributed by atoms with Crippen molar-refractivity contribution < 1.29 is 4.79 Å². The third-order valence-electron chi connectivity index (χ3n) is 5.07. The third-order valence-corrected chi connectivity index (χ3v) is 5.07. The molecule has 0 radical (unpaired) electrons. The largest absolute Gasteiger partial charge is 0.342 e. The molecule has 3 rings (SSSR count). The van der Waals surface area contributed by atoms with Crippen molar-refractivity contribution in [3.05, 3.63) is 0 Å². The van der Waals surface area contributed by atoms with Crippen LogP contribution in [0, 0.1) is 5.41 Å². The summed E-state index contributed by atoms with van der Waals surface area (Å²) in [6, 6.07) is 0. The van der Waals surface area contributed by atoms with Gasteiger partial charge in [0.1, 0.15) is 0 Å². The molecule has 3 saturated heterocycles. The van der Waals surface area contributed by atoms with Gasteiger partial charge in [-0.1, -0.05) is 0 Å². The number of rotatable bonds is 2. The van der Waals surface area contributed by atoms with E-state index in [1.54, 1.807) is 0 Å². The van der Waals surface area contributed by atoms with Gasteiger partial charge in [-0.3, -0.25) is 9.69 Å². The van der Waals surface area contributed by atoms with Crippen LogP contribution >= 0.6 is 12.4 Å². The molecule has 3 heterocycles. The van der Waals surface area contributed by atoms with Gasteiger partial charge in [-0.15, -0.1) is 12.4 Å². The second-order valence-corrected chi connectivity index (χ2v) is 6.29. The number of halogens is 1. The van der Waals surface area contributed by atoms with Crippen molar-refractivity contribution in [2.24, 2.45) is 5.41 Å². The summed E-state index contributed by atoms with van der Waals surface area (Å²) < 4.78 is 0. The summed E-state index contributed by atoms with van der Waals surface area (Å²) in [5.41, 5.74) is 0.518. The monoisotopic (exact) mass is 287 g/mol. The summed E-state index contributed by atoms with van der Waals surface area (Å²) in [7, 11) is 0. The van der Waals surface area contributed by atoms with Crippen molar-refractivity contribution in [1.29, 1.82) is 0 Å². The minimum absolute atomic E-state index is 0. The van der Waals surface area contributed by atoms with Gasteiger partial charge >= 0.3 is 0 Å². The van der Waals surface area contributed by atoms with Gasteiger partial charge in [0.15, 0.2) is 0 Å². The lowest BCUT2D eigenvalue weighted by Gasteiger charge is -2.39. The molecular formula is C14H26ClN3O. The lowest BCUT2D eigenvalue weighted by molar-refractivity contribution is -0.134. The van der Waals surface area contributed by atoms with Crippen LogP contribution in [0.3, 0.4) is 0 Å². The number of nitrogens with zero attached hydrogens (tertiary/aromatic N) is 2. The number of hydrogen-bond acceptors (Lipinski definition) is 3. The summed E-state index contributed by atoms with van der Waals surface area (Å²) in [6.45, 7) is 7.19. The second-order valence-electron chi connectivity index (χ2n) is 6.29. The molecule has 0 atom stereocenters. The Morgan fingerprint density at radius 2 is 1.74 bits per heavy atom. The lowest BCUT2D eigenvalue weighted by atomic mass is 9.78. The Morgan fingerprint density at radius 1 is 1.05 bits per heavy atom. The molecule has 0 bridgehead atoms. The maximum Gasteiger partial charge on any atom is 0.236 e. The van der Waals surface area contributed by atoms with Crippen LogP contribution in [0.5, 0.6) is 0 Å². The molecule has 110 valence electrons. The van der Waals surface area contributed by atoms with Crippen LogP contribution in [0.2, 0.25) is 0 Å². The van der Waals surface area contributed by atoms with Crippen molar-refractivity contribution in [2.45, 2.75) is 32.1 Å². The fourth-order valence-electron chi connectivity index (χ4n) is 3.68. The predicted octanol–water partition coefficient (Wildman–Crippen LogP) is 1.11. The molecule has 4 nitrogen and oxygen atoms in total. The van der Waals surface area contributed by atoms with Crippen LogP contribution in [0.1, 0.15) is 32.1 Å². The number of likely N-dealkylation sites (tertiary alicyclic amines) is 2. The van der Waals surface area contributed by atoms with Crippen LogP contribution in [0.4, 0.5) is 0 Å². The first kappa shape index (κ1) is 15.1. The van der Waals surface area contributed by atoms with E-state index in [0.717, 1.165) is 26.2 Å². The minimum Gasteiger partial charge on any atom is -0.342 e. The average molecular weight is 288 g/mol. The predicted molar refractivity (Wildman–Crippen MR) is 78.7 cm³/mol. The van der Waals surface area contributed by atoms with Crippen molar-refractivity contribution in [1.82, 2.24) is 15.1 Å². The van der Waals surface area contributed by atoms with Crippen molar-refractivity contribution in [3.8, 4) is 0 Å². The van der Waals surface area contributed by atoms with E-state index in [-0.39, 0.29) is 12.4 Å². The van der Waals surface area contributed by atoms with Crippen LogP contribution in [0.25, 0.3) is 0 Å². The molecule has 0 aromatic carbocycles. The number of nitrogens with one attached hydrogen (secondary N) is 1. The first-order chi connectivity index (χ1) is 8.77. The molecule has 0 aromatic heterocycles. The van der Waals surface area contributed by atoms with E-state index in [9.17, 15) is 4.79 Å². The summed E-state index contributed by atoms with van der Waals surface area (Å²) in [5.74, 6) is 0.359. The molecule has 0 unspecified atom stereocenters. The molecule has 3 aliphatic rings. The van der Waals surface area contributed by atoms with E-state index in [0.29, 0.717) is 17.9 Å².